The van der Waals surface area contributed by atoms with Crippen LogP contribution in [0.5, 0.6) is 0 Å². The third-order valence-electron chi connectivity index (χ3n) is 4.69. The molecule has 4 atom stereocenters. The van der Waals surface area contributed by atoms with E-state index >= 15 is 0 Å². The van der Waals surface area contributed by atoms with Crippen molar-refractivity contribution in [3.8, 4) is 0 Å². The van der Waals surface area contributed by atoms with Gasteiger partial charge in [-0.25, -0.2) is 9.78 Å². The van der Waals surface area contributed by atoms with Gasteiger partial charge in [0.1, 0.15) is 6.10 Å². The second-order valence-electron chi connectivity index (χ2n) is 6.36. The summed E-state index contributed by atoms with van der Waals surface area (Å²) in [4.78, 5) is 11.6. The maximum Gasteiger partial charge on any atom is 0.114 e. The molecule has 1 aliphatic rings. The third kappa shape index (κ3) is 5.97. The van der Waals surface area contributed by atoms with Gasteiger partial charge in [-0.3, -0.25) is 0 Å². The van der Waals surface area contributed by atoms with Crippen LogP contribution in [0.15, 0.2) is 12.7 Å². The highest BCUT2D eigenvalue weighted by Gasteiger charge is 2.24. The summed E-state index contributed by atoms with van der Waals surface area (Å²) >= 11 is 0. The van der Waals surface area contributed by atoms with Gasteiger partial charge in [-0.05, 0) is 37.5 Å². The Bertz CT molecular complexity index is 252. The van der Waals surface area contributed by atoms with Crippen LogP contribution in [0.1, 0.15) is 78.6 Å². The fourth-order valence-corrected chi connectivity index (χ4v) is 3.19. The lowest BCUT2D eigenvalue weighted by Crippen LogP contribution is -2.27. The molecule has 0 aromatic rings. The molecule has 4 unspecified atom stereocenters. The molecule has 118 valence electrons. The normalized spacial score (nSPS) is 33.4. The molecule has 0 bridgehead atoms. The molecule has 1 fully saturated rings. The summed E-state index contributed by atoms with van der Waals surface area (Å²) in [7, 11) is 0. The first kappa shape index (κ1) is 17.7. The molecule has 0 saturated carbocycles. The van der Waals surface area contributed by atoms with Crippen LogP contribution in [0.4, 0.5) is 0 Å². The topological polar surface area (TPSA) is 18.5 Å². The molecule has 0 N–H and O–H groups in total. The van der Waals surface area contributed by atoms with E-state index in [1.165, 1.54) is 51.4 Å². The van der Waals surface area contributed by atoms with E-state index in [2.05, 4.69) is 27.4 Å². The first-order valence-electron chi connectivity index (χ1n) is 8.67. The van der Waals surface area contributed by atoms with Gasteiger partial charge in [0.15, 0.2) is 0 Å². The highest BCUT2D eigenvalue weighted by atomic mass is 17.2. The van der Waals surface area contributed by atoms with Crippen molar-refractivity contribution < 1.29 is 9.78 Å². The Morgan fingerprint density at radius 1 is 1.10 bits per heavy atom. The van der Waals surface area contributed by atoms with Gasteiger partial charge in [0.2, 0.25) is 0 Å². The Labute approximate surface area is 125 Å². The van der Waals surface area contributed by atoms with Crippen LogP contribution in [-0.2, 0) is 9.78 Å². The summed E-state index contributed by atoms with van der Waals surface area (Å²) in [6, 6.07) is 0. The molecular formula is C18H34O2. The molecule has 0 radical (unpaired) electrons. The highest BCUT2D eigenvalue weighted by Crippen LogP contribution is 2.28. The standard InChI is InChI=1S/C18H34O2/c1-5-8-13-16-14-11-9-10-12-15(4)17(6-2)19-20-18(16)7-3/h7,15-18H,3,5-6,8-14H2,1-2,4H3. The Morgan fingerprint density at radius 3 is 2.50 bits per heavy atom. The predicted molar refractivity (Wildman–Crippen MR) is 85.5 cm³/mol. The van der Waals surface area contributed by atoms with Gasteiger partial charge < -0.3 is 0 Å². The maximum atomic E-state index is 5.79. The quantitative estimate of drug-likeness (QED) is 0.477. The molecule has 0 aliphatic carbocycles. The minimum atomic E-state index is 0.0564. The SMILES string of the molecule is C=CC1OOC(CC)C(C)CCCCCC1CCCC. The van der Waals surface area contributed by atoms with Gasteiger partial charge in [0, 0.05) is 0 Å². The smallest absolute Gasteiger partial charge is 0.114 e. The summed E-state index contributed by atoms with van der Waals surface area (Å²) in [5, 5.41) is 0. The van der Waals surface area contributed by atoms with Gasteiger partial charge in [-0.15, -0.1) is 6.58 Å². The minimum Gasteiger partial charge on any atom is -0.233 e. The molecule has 2 heteroatoms. The average Bonchev–Trinajstić information content (AvgIpc) is 2.49. The van der Waals surface area contributed by atoms with Crippen molar-refractivity contribution in [3.63, 3.8) is 0 Å². The molecule has 0 spiro atoms. The Balaban J connectivity index is 2.66. The molecule has 20 heavy (non-hydrogen) atoms. The highest BCUT2D eigenvalue weighted by molar-refractivity contribution is 4.85. The Kier molecular flexibility index (Phi) is 9.21. The molecule has 2 nitrogen and oxygen atoms in total. The van der Waals surface area contributed by atoms with Crippen molar-refractivity contribution in [1.29, 1.82) is 0 Å². The van der Waals surface area contributed by atoms with E-state index in [0.29, 0.717) is 11.8 Å². The molecule has 0 aromatic carbocycles. The van der Waals surface area contributed by atoms with Crippen LogP contribution in [0.2, 0.25) is 0 Å². The van der Waals surface area contributed by atoms with Gasteiger partial charge in [0.25, 0.3) is 0 Å². The largest absolute Gasteiger partial charge is 0.233 e. The second-order valence-corrected chi connectivity index (χ2v) is 6.36. The molecule has 0 aromatic heterocycles. The zero-order valence-corrected chi connectivity index (χ0v) is 13.8. The number of rotatable bonds is 5. The van der Waals surface area contributed by atoms with E-state index in [-0.39, 0.29) is 12.2 Å². The van der Waals surface area contributed by atoms with Crippen LogP contribution >= 0.6 is 0 Å². The molecule has 1 rings (SSSR count). The van der Waals surface area contributed by atoms with E-state index in [0.717, 1.165) is 6.42 Å². The summed E-state index contributed by atoms with van der Waals surface area (Å²) in [6.45, 7) is 10.7. The van der Waals surface area contributed by atoms with Gasteiger partial charge in [-0.1, -0.05) is 59.0 Å². The second kappa shape index (κ2) is 10.4. The average molecular weight is 282 g/mol. The number of unbranched alkanes of at least 4 members (excludes halogenated alkanes) is 1. The maximum absolute atomic E-state index is 5.79. The van der Waals surface area contributed by atoms with E-state index in [1.54, 1.807) is 0 Å². The predicted octanol–water partition coefficient (Wildman–Crippen LogP) is 5.67. The lowest BCUT2D eigenvalue weighted by molar-refractivity contribution is -0.357. The van der Waals surface area contributed by atoms with E-state index in [1.807, 2.05) is 6.08 Å². The Morgan fingerprint density at radius 2 is 1.85 bits per heavy atom. The van der Waals surface area contributed by atoms with Gasteiger partial charge in [-0.2, -0.15) is 0 Å². The van der Waals surface area contributed by atoms with Gasteiger partial charge in [0.05, 0.1) is 6.10 Å². The van der Waals surface area contributed by atoms with Crippen molar-refractivity contribution in [2.45, 2.75) is 90.8 Å². The van der Waals surface area contributed by atoms with Gasteiger partial charge >= 0.3 is 0 Å². The molecule has 1 aliphatic heterocycles. The van der Waals surface area contributed by atoms with Crippen molar-refractivity contribution in [3.05, 3.63) is 12.7 Å². The fraction of sp³-hybridized carbons (Fsp3) is 0.889. The number of hydrogen-bond acceptors (Lipinski definition) is 2. The number of hydrogen-bond donors (Lipinski definition) is 0. The fourth-order valence-electron chi connectivity index (χ4n) is 3.19. The Hall–Kier alpha value is -0.340. The van der Waals surface area contributed by atoms with Crippen LogP contribution < -0.4 is 0 Å². The molecule has 1 heterocycles. The molecule has 1 saturated heterocycles. The van der Waals surface area contributed by atoms with E-state index in [4.69, 9.17) is 9.78 Å². The summed E-state index contributed by atoms with van der Waals surface area (Å²) < 4.78 is 0. The van der Waals surface area contributed by atoms with Crippen molar-refractivity contribution >= 4 is 0 Å². The van der Waals surface area contributed by atoms with Crippen molar-refractivity contribution in [1.82, 2.24) is 0 Å². The zero-order chi connectivity index (χ0) is 14.8. The van der Waals surface area contributed by atoms with E-state index < -0.39 is 0 Å². The lowest BCUT2D eigenvalue weighted by Gasteiger charge is -2.27. The monoisotopic (exact) mass is 282 g/mol. The van der Waals surface area contributed by atoms with Crippen LogP contribution in [0.25, 0.3) is 0 Å². The minimum absolute atomic E-state index is 0.0564. The van der Waals surface area contributed by atoms with Crippen LogP contribution in [0.3, 0.4) is 0 Å². The summed E-state index contributed by atoms with van der Waals surface area (Å²) in [6.07, 6.45) is 13.4. The van der Waals surface area contributed by atoms with E-state index in [9.17, 15) is 0 Å². The summed E-state index contributed by atoms with van der Waals surface area (Å²) in [5.41, 5.74) is 0. The van der Waals surface area contributed by atoms with Crippen molar-refractivity contribution in [2.75, 3.05) is 0 Å². The van der Waals surface area contributed by atoms with Crippen LogP contribution in [0, 0.1) is 11.8 Å². The van der Waals surface area contributed by atoms with Crippen LogP contribution in [-0.4, -0.2) is 12.2 Å². The molecular weight excluding hydrogens is 248 g/mol. The summed E-state index contributed by atoms with van der Waals surface area (Å²) in [5.74, 6) is 1.15. The molecule has 0 amide bonds. The van der Waals surface area contributed by atoms with Crippen molar-refractivity contribution in [2.24, 2.45) is 11.8 Å². The lowest BCUT2D eigenvalue weighted by atomic mass is 9.89. The zero-order valence-electron chi connectivity index (χ0n) is 13.8. The third-order valence-corrected chi connectivity index (χ3v) is 4.69. The first-order chi connectivity index (χ1) is 9.72. The first-order valence-corrected chi connectivity index (χ1v) is 8.67.